The standard InChI is InChI=1S/C28H23NO2/c30-25-18-10-17-24-27(25)23(19-26(31)20-11-4-1-5-12-20)28(21-13-6-2-7-14-21)29(24)22-15-8-3-9-16-22/h1-9,11-16H,10,17-19H2. The first-order valence-corrected chi connectivity index (χ1v) is 10.7. The van der Waals surface area contributed by atoms with Gasteiger partial charge in [-0.3, -0.25) is 9.59 Å². The number of hydrogen-bond donors (Lipinski definition) is 0. The molecule has 0 unspecified atom stereocenters. The van der Waals surface area contributed by atoms with Crippen LogP contribution in [-0.4, -0.2) is 16.1 Å². The number of para-hydroxylation sites is 1. The Kier molecular flexibility index (Phi) is 5.09. The highest BCUT2D eigenvalue weighted by Gasteiger charge is 2.31. The monoisotopic (exact) mass is 405 g/mol. The summed E-state index contributed by atoms with van der Waals surface area (Å²) in [5, 5.41) is 0. The fourth-order valence-electron chi connectivity index (χ4n) is 4.60. The van der Waals surface area contributed by atoms with Crippen molar-refractivity contribution >= 4 is 11.6 Å². The van der Waals surface area contributed by atoms with Gasteiger partial charge in [0, 0.05) is 35.3 Å². The van der Waals surface area contributed by atoms with E-state index in [4.69, 9.17) is 0 Å². The van der Waals surface area contributed by atoms with Crippen molar-refractivity contribution in [1.29, 1.82) is 0 Å². The van der Waals surface area contributed by atoms with Crippen LogP contribution >= 0.6 is 0 Å². The number of benzene rings is 3. The number of rotatable bonds is 5. The van der Waals surface area contributed by atoms with Gasteiger partial charge < -0.3 is 4.57 Å². The van der Waals surface area contributed by atoms with E-state index >= 15 is 0 Å². The molecule has 0 aliphatic heterocycles. The summed E-state index contributed by atoms with van der Waals surface area (Å²) in [6.07, 6.45) is 2.41. The lowest BCUT2D eigenvalue weighted by atomic mass is 9.89. The summed E-state index contributed by atoms with van der Waals surface area (Å²) in [5.74, 6) is 0.174. The van der Waals surface area contributed by atoms with Gasteiger partial charge >= 0.3 is 0 Å². The molecule has 4 aromatic rings. The summed E-state index contributed by atoms with van der Waals surface area (Å²) in [4.78, 5) is 26.3. The molecule has 1 aliphatic rings. The van der Waals surface area contributed by atoms with Crippen molar-refractivity contribution in [3.8, 4) is 16.9 Å². The van der Waals surface area contributed by atoms with E-state index < -0.39 is 0 Å². The molecular weight excluding hydrogens is 382 g/mol. The van der Waals surface area contributed by atoms with Crippen molar-refractivity contribution in [3.63, 3.8) is 0 Å². The molecule has 1 aromatic heterocycles. The zero-order valence-electron chi connectivity index (χ0n) is 17.3. The molecule has 1 aliphatic carbocycles. The van der Waals surface area contributed by atoms with Crippen molar-refractivity contribution < 1.29 is 9.59 Å². The first-order chi connectivity index (χ1) is 15.2. The van der Waals surface area contributed by atoms with E-state index in [1.807, 2.05) is 66.7 Å². The van der Waals surface area contributed by atoms with Crippen molar-refractivity contribution in [3.05, 3.63) is 113 Å². The lowest BCUT2D eigenvalue weighted by molar-refractivity contribution is 0.0971. The topological polar surface area (TPSA) is 39.1 Å². The van der Waals surface area contributed by atoms with Crippen LogP contribution in [-0.2, 0) is 12.8 Å². The van der Waals surface area contributed by atoms with Crippen molar-refractivity contribution in [2.24, 2.45) is 0 Å². The van der Waals surface area contributed by atoms with Crippen LogP contribution in [0.5, 0.6) is 0 Å². The van der Waals surface area contributed by atoms with E-state index in [0.717, 1.165) is 46.6 Å². The summed E-state index contributed by atoms with van der Waals surface area (Å²) in [6.45, 7) is 0. The zero-order chi connectivity index (χ0) is 21.2. The molecule has 3 heteroatoms. The third kappa shape index (κ3) is 3.53. The average Bonchev–Trinajstić information content (AvgIpc) is 3.16. The second kappa shape index (κ2) is 8.19. The van der Waals surface area contributed by atoms with Gasteiger partial charge in [0.05, 0.1) is 5.69 Å². The molecule has 0 saturated heterocycles. The molecule has 5 rings (SSSR count). The van der Waals surface area contributed by atoms with Crippen LogP contribution in [0.1, 0.15) is 44.8 Å². The molecule has 0 atom stereocenters. The maximum atomic E-state index is 13.2. The van der Waals surface area contributed by atoms with Gasteiger partial charge in [0.1, 0.15) is 0 Å². The fourth-order valence-corrected chi connectivity index (χ4v) is 4.60. The Morgan fingerprint density at radius 1 is 0.774 bits per heavy atom. The highest BCUT2D eigenvalue weighted by Crippen LogP contribution is 2.39. The van der Waals surface area contributed by atoms with Gasteiger partial charge in [-0.05, 0) is 36.1 Å². The number of carbonyl (C=O) groups excluding carboxylic acids is 2. The number of carbonyl (C=O) groups is 2. The highest BCUT2D eigenvalue weighted by molar-refractivity contribution is 6.05. The summed E-state index contributed by atoms with van der Waals surface area (Å²) >= 11 is 0. The molecule has 0 bridgehead atoms. The lowest BCUT2D eigenvalue weighted by Crippen LogP contribution is -2.14. The molecule has 0 radical (unpaired) electrons. The van der Waals surface area contributed by atoms with Gasteiger partial charge in [-0.15, -0.1) is 0 Å². The van der Waals surface area contributed by atoms with Crippen molar-refractivity contribution in [1.82, 2.24) is 4.57 Å². The van der Waals surface area contributed by atoms with Crippen molar-refractivity contribution in [2.45, 2.75) is 25.7 Å². The van der Waals surface area contributed by atoms with Crippen LogP contribution in [0.25, 0.3) is 16.9 Å². The normalized spacial score (nSPS) is 13.1. The van der Waals surface area contributed by atoms with Crippen LogP contribution in [0.4, 0.5) is 0 Å². The molecular formula is C28H23NO2. The minimum atomic E-state index is 0.0316. The molecule has 3 aromatic carbocycles. The Morgan fingerprint density at radius 2 is 1.39 bits per heavy atom. The molecule has 31 heavy (non-hydrogen) atoms. The van der Waals surface area contributed by atoms with E-state index in [0.29, 0.717) is 12.0 Å². The van der Waals surface area contributed by atoms with Gasteiger partial charge in [0.2, 0.25) is 0 Å². The Bertz CT molecular complexity index is 1240. The zero-order valence-corrected chi connectivity index (χ0v) is 17.3. The summed E-state index contributed by atoms with van der Waals surface area (Å²) in [7, 11) is 0. The number of aromatic nitrogens is 1. The molecule has 0 saturated carbocycles. The molecule has 0 N–H and O–H groups in total. The molecule has 0 spiro atoms. The maximum absolute atomic E-state index is 13.2. The molecule has 152 valence electrons. The Morgan fingerprint density at radius 3 is 2.06 bits per heavy atom. The third-order valence-electron chi connectivity index (χ3n) is 5.96. The minimum Gasteiger partial charge on any atom is -0.313 e. The second-order valence-corrected chi connectivity index (χ2v) is 7.93. The van der Waals surface area contributed by atoms with Gasteiger partial charge in [-0.25, -0.2) is 0 Å². The first-order valence-electron chi connectivity index (χ1n) is 10.7. The number of fused-ring (bicyclic) bond motifs is 1. The van der Waals surface area contributed by atoms with Crippen LogP contribution in [0.2, 0.25) is 0 Å². The SMILES string of the molecule is O=C(Cc1c2c(n(-c3ccccc3)c1-c1ccccc1)CCCC2=O)c1ccccc1. The Balaban J connectivity index is 1.77. The van der Waals surface area contributed by atoms with E-state index in [1.165, 1.54) is 0 Å². The minimum absolute atomic E-state index is 0.0316. The van der Waals surface area contributed by atoms with Crippen LogP contribution < -0.4 is 0 Å². The largest absolute Gasteiger partial charge is 0.313 e. The Hall–Kier alpha value is -3.72. The van der Waals surface area contributed by atoms with Crippen LogP contribution in [0.3, 0.4) is 0 Å². The summed E-state index contributed by atoms with van der Waals surface area (Å²) in [5.41, 5.74) is 6.29. The quantitative estimate of drug-likeness (QED) is 0.377. The van der Waals surface area contributed by atoms with E-state index in [-0.39, 0.29) is 18.0 Å². The fraction of sp³-hybridized carbons (Fsp3) is 0.143. The lowest BCUT2D eigenvalue weighted by Gasteiger charge is -2.17. The van der Waals surface area contributed by atoms with E-state index in [1.54, 1.807) is 0 Å². The smallest absolute Gasteiger partial charge is 0.167 e. The average molecular weight is 405 g/mol. The van der Waals surface area contributed by atoms with E-state index in [9.17, 15) is 9.59 Å². The highest BCUT2D eigenvalue weighted by atomic mass is 16.1. The Labute approximate surface area is 182 Å². The molecule has 0 fully saturated rings. The van der Waals surface area contributed by atoms with Crippen molar-refractivity contribution in [2.75, 3.05) is 0 Å². The van der Waals surface area contributed by atoms with Crippen LogP contribution in [0.15, 0.2) is 91.0 Å². The first kappa shape index (κ1) is 19.3. The predicted octanol–water partition coefficient (Wildman–Crippen LogP) is 6.09. The molecule has 1 heterocycles. The van der Waals surface area contributed by atoms with E-state index in [2.05, 4.69) is 28.8 Å². The number of Topliss-reactive ketones (excluding diaryl/α,β-unsaturated/α-hetero) is 2. The summed E-state index contributed by atoms with van der Waals surface area (Å²) in [6, 6.07) is 29.6. The number of hydrogen-bond acceptors (Lipinski definition) is 2. The second-order valence-electron chi connectivity index (χ2n) is 7.93. The number of nitrogens with zero attached hydrogens (tertiary/aromatic N) is 1. The van der Waals surface area contributed by atoms with Crippen LogP contribution in [0, 0.1) is 0 Å². The van der Waals surface area contributed by atoms with Gasteiger partial charge in [0.25, 0.3) is 0 Å². The maximum Gasteiger partial charge on any atom is 0.167 e. The summed E-state index contributed by atoms with van der Waals surface area (Å²) < 4.78 is 2.20. The number of ketones is 2. The predicted molar refractivity (Wildman–Crippen MR) is 123 cm³/mol. The molecule has 0 amide bonds. The third-order valence-corrected chi connectivity index (χ3v) is 5.96. The van der Waals surface area contributed by atoms with Gasteiger partial charge in [-0.2, -0.15) is 0 Å². The molecule has 3 nitrogen and oxygen atoms in total. The van der Waals surface area contributed by atoms with Gasteiger partial charge in [0.15, 0.2) is 11.6 Å². The van der Waals surface area contributed by atoms with Gasteiger partial charge in [-0.1, -0.05) is 78.9 Å².